The molecule has 2 heterocycles. The zero-order valence-electron chi connectivity index (χ0n) is 10.8. The number of halogens is 1. The summed E-state index contributed by atoms with van der Waals surface area (Å²) in [4.78, 5) is 6.83. The van der Waals surface area contributed by atoms with Crippen LogP contribution in [-0.2, 0) is 0 Å². The number of benzene rings is 1. The molecule has 1 aliphatic heterocycles. The lowest BCUT2D eigenvalue weighted by atomic mass is 9.97. The molecule has 4 heteroatoms. The van der Waals surface area contributed by atoms with Gasteiger partial charge in [0.1, 0.15) is 0 Å². The fraction of sp³-hybridized carbons (Fsp3) is 0.400. The molecule has 0 spiro atoms. The van der Waals surface area contributed by atoms with Crippen molar-refractivity contribution in [1.29, 1.82) is 0 Å². The number of anilines is 1. The fourth-order valence-corrected chi connectivity index (χ4v) is 3.02. The Morgan fingerprint density at radius 2 is 2.26 bits per heavy atom. The number of nitrogens with two attached hydrogens (primary N) is 1. The number of hydrogen-bond acceptors (Lipinski definition) is 3. The van der Waals surface area contributed by atoms with Gasteiger partial charge >= 0.3 is 0 Å². The summed E-state index contributed by atoms with van der Waals surface area (Å²) in [7, 11) is 0. The van der Waals surface area contributed by atoms with E-state index in [1.807, 2.05) is 18.3 Å². The van der Waals surface area contributed by atoms with Crippen LogP contribution in [0.5, 0.6) is 0 Å². The van der Waals surface area contributed by atoms with Crippen LogP contribution in [0.1, 0.15) is 12.8 Å². The van der Waals surface area contributed by atoms with E-state index in [-0.39, 0.29) is 0 Å². The lowest BCUT2D eigenvalue weighted by molar-refractivity contribution is 0.424. The molecule has 2 N–H and O–H groups in total. The molecule has 1 fully saturated rings. The zero-order valence-corrected chi connectivity index (χ0v) is 11.6. The third-order valence-corrected chi connectivity index (χ3v) is 4.11. The zero-order chi connectivity index (χ0) is 13.2. The molecule has 1 aromatic heterocycles. The van der Waals surface area contributed by atoms with Crippen LogP contribution < -0.4 is 10.6 Å². The Morgan fingerprint density at radius 3 is 3.11 bits per heavy atom. The van der Waals surface area contributed by atoms with Crippen molar-refractivity contribution in [2.75, 3.05) is 24.5 Å². The highest BCUT2D eigenvalue weighted by Crippen LogP contribution is 2.30. The molecule has 1 atom stereocenters. The second-order valence-electron chi connectivity index (χ2n) is 5.18. The second-order valence-corrected chi connectivity index (χ2v) is 5.62. The first-order chi connectivity index (χ1) is 9.28. The van der Waals surface area contributed by atoms with Crippen LogP contribution in [0.3, 0.4) is 0 Å². The van der Waals surface area contributed by atoms with Gasteiger partial charge in [-0.25, -0.2) is 0 Å². The topological polar surface area (TPSA) is 42.1 Å². The normalized spacial score (nSPS) is 19.9. The van der Waals surface area contributed by atoms with E-state index in [1.165, 1.54) is 23.9 Å². The summed E-state index contributed by atoms with van der Waals surface area (Å²) in [5, 5.41) is 1.90. The van der Waals surface area contributed by atoms with E-state index in [9.17, 15) is 0 Å². The summed E-state index contributed by atoms with van der Waals surface area (Å²) >= 11 is 6.03. The van der Waals surface area contributed by atoms with Crippen molar-refractivity contribution >= 4 is 28.2 Å². The molecular weight excluding hydrogens is 258 g/mol. The molecule has 1 aliphatic rings. The molecule has 1 saturated heterocycles. The van der Waals surface area contributed by atoms with Gasteiger partial charge in [-0.3, -0.25) is 4.98 Å². The average Bonchev–Trinajstić information content (AvgIpc) is 2.46. The predicted octanol–water partition coefficient (Wildman–Crippen LogP) is 3.06. The monoisotopic (exact) mass is 275 g/mol. The maximum Gasteiger partial charge on any atom is 0.0737 e. The van der Waals surface area contributed by atoms with E-state index < -0.39 is 0 Å². The standard InChI is InChI=1S/C15H18ClN3/c16-12-3-4-13-14(8-12)18-6-5-15(13)19-7-1-2-11(9-17)10-19/h3-6,8,11H,1-2,7,9-10,17H2. The van der Waals surface area contributed by atoms with Gasteiger partial charge < -0.3 is 10.6 Å². The minimum atomic E-state index is 0.601. The van der Waals surface area contributed by atoms with E-state index in [1.54, 1.807) is 0 Å². The number of nitrogens with zero attached hydrogens (tertiary/aromatic N) is 2. The van der Waals surface area contributed by atoms with Gasteiger partial charge in [0.25, 0.3) is 0 Å². The summed E-state index contributed by atoms with van der Waals surface area (Å²) in [6.45, 7) is 2.90. The van der Waals surface area contributed by atoms with Crippen LogP contribution in [-0.4, -0.2) is 24.6 Å². The van der Waals surface area contributed by atoms with Crippen molar-refractivity contribution in [3.63, 3.8) is 0 Å². The first-order valence-electron chi connectivity index (χ1n) is 6.77. The quantitative estimate of drug-likeness (QED) is 0.916. The molecule has 0 bridgehead atoms. The van der Waals surface area contributed by atoms with E-state index in [4.69, 9.17) is 17.3 Å². The molecule has 1 aromatic carbocycles. The van der Waals surface area contributed by atoms with Crippen molar-refractivity contribution in [3.8, 4) is 0 Å². The Kier molecular flexibility index (Phi) is 3.58. The van der Waals surface area contributed by atoms with Gasteiger partial charge in [-0.05, 0) is 49.6 Å². The van der Waals surface area contributed by atoms with Gasteiger partial charge in [0.15, 0.2) is 0 Å². The van der Waals surface area contributed by atoms with Gasteiger partial charge in [0, 0.05) is 35.4 Å². The first-order valence-corrected chi connectivity index (χ1v) is 7.15. The Balaban J connectivity index is 2.00. The number of pyridine rings is 1. The Morgan fingerprint density at radius 1 is 1.37 bits per heavy atom. The maximum absolute atomic E-state index is 6.03. The van der Waals surface area contributed by atoms with Crippen LogP contribution in [0.4, 0.5) is 5.69 Å². The summed E-state index contributed by atoms with van der Waals surface area (Å²) in [6.07, 6.45) is 4.31. The van der Waals surface area contributed by atoms with E-state index in [2.05, 4.69) is 22.0 Å². The molecule has 0 amide bonds. The largest absolute Gasteiger partial charge is 0.371 e. The van der Waals surface area contributed by atoms with Crippen LogP contribution in [0, 0.1) is 5.92 Å². The third-order valence-electron chi connectivity index (χ3n) is 3.87. The number of piperidine rings is 1. The van der Waals surface area contributed by atoms with Crippen molar-refractivity contribution in [2.45, 2.75) is 12.8 Å². The van der Waals surface area contributed by atoms with Gasteiger partial charge in [0.05, 0.1) is 5.52 Å². The molecule has 0 saturated carbocycles. The van der Waals surface area contributed by atoms with Crippen LogP contribution >= 0.6 is 11.6 Å². The number of fused-ring (bicyclic) bond motifs is 1. The highest BCUT2D eigenvalue weighted by Gasteiger charge is 2.20. The Bertz CT molecular complexity index is 585. The van der Waals surface area contributed by atoms with Crippen molar-refractivity contribution in [2.24, 2.45) is 11.7 Å². The van der Waals surface area contributed by atoms with E-state index >= 15 is 0 Å². The smallest absolute Gasteiger partial charge is 0.0737 e. The fourth-order valence-electron chi connectivity index (χ4n) is 2.86. The van der Waals surface area contributed by atoms with Crippen molar-refractivity contribution < 1.29 is 0 Å². The molecule has 3 rings (SSSR count). The summed E-state index contributed by atoms with van der Waals surface area (Å²) < 4.78 is 0. The number of aromatic nitrogens is 1. The van der Waals surface area contributed by atoms with Gasteiger partial charge in [-0.1, -0.05) is 11.6 Å². The molecule has 3 nitrogen and oxygen atoms in total. The number of rotatable bonds is 2. The minimum Gasteiger partial charge on any atom is -0.371 e. The summed E-state index contributed by atoms with van der Waals surface area (Å²) in [5.41, 5.74) is 8.03. The minimum absolute atomic E-state index is 0.601. The van der Waals surface area contributed by atoms with Crippen LogP contribution in [0.2, 0.25) is 5.02 Å². The molecule has 19 heavy (non-hydrogen) atoms. The van der Waals surface area contributed by atoms with Crippen molar-refractivity contribution in [3.05, 3.63) is 35.5 Å². The number of hydrogen-bond donors (Lipinski definition) is 1. The van der Waals surface area contributed by atoms with E-state index in [0.29, 0.717) is 5.92 Å². The Labute approximate surface area is 118 Å². The maximum atomic E-state index is 6.03. The molecule has 100 valence electrons. The second kappa shape index (κ2) is 5.35. The molecule has 1 unspecified atom stereocenters. The summed E-state index contributed by atoms with van der Waals surface area (Å²) in [5.74, 6) is 0.601. The van der Waals surface area contributed by atoms with Gasteiger partial charge in [-0.15, -0.1) is 0 Å². The first kappa shape index (κ1) is 12.7. The highest BCUT2D eigenvalue weighted by molar-refractivity contribution is 6.31. The van der Waals surface area contributed by atoms with Crippen LogP contribution in [0.15, 0.2) is 30.5 Å². The average molecular weight is 276 g/mol. The molecular formula is C15H18ClN3. The molecule has 0 radical (unpaired) electrons. The van der Waals surface area contributed by atoms with E-state index in [0.717, 1.165) is 30.2 Å². The Hall–Kier alpha value is -1.32. The molecule has 2 aromatic rings. The van der Waals surface area contributed by atoms with Gasteiger partial charge in [-0.2, -0.15) is 0 Å². The van der Waals surface area contributed by atoms with Crippen LogP contribution in [0.25, 0.3) is 10.9 Å². The van der Waals surface area contributed by atoms with Crippen molar-refractivity contribution in [1.82, 2.24) is 4.98 Å². The SMILES string of the molecule is NCC1CCCN(c2ccnc3cc(Cl)ccc23)C1. The summed E-state index contributed by atoms with van der Waals surface area (Å²) in [6, 6.07) is 8.01. The lowest BCUT2D eigenvalue weighted by Gasteiger charge is -2.34. The van der Waals surface area contributed by atoms with Gasteiger partial charge in [0.2, 0.25) is 0 Å². The lowest BCUT2D eigenvalue weighted by Crippen LogP contribution is -2.38. The predicted molar refractivity (Wildman–Crippen MR) is 80.7 cm³/mol. The third kappa shape index (κ3) is 2.53. The molecule has 0 aliphatic carbocycles. The highest BCUT2D eigenvalue weighted by atomic mass is 35.5.